The maximum atomic E-state index is 6.03. The predicted octanol–water partition coefficient (Wildman–Crippen LogP) is 3.21. The van der Waals surface area contributed by atoms with Crippen molar-refractivity contribution in [3.8, 4) is 5.75 Å². The van der Waals surface area contributed by atoms with Crippen molar-refractivity contribution in [1.29, 1.82) is 0 Å². The molecule has 2 unspecified atom stereocenters. The monoisotopic (exact) mass is 219 g/mol. The van der Waals surface area contributed by atoms with Gasteiger partial charge in [0.15, 0.2) is 0 Å². The van der Waals surface area contributed by atoms with Crippen LogP contribution in [0.3, 0.4) is 0 Å². The van der Waals surface area contributed by atoms with Crippen LogP contribution in [-0.4, -0.2) is 12.6 Å². The first-order chi connectivity index (χ1) is 7.77. The normalized spacial score (nSPS) is 22.9. The van der Waals surface area contributed by atoms with Crippen LogP contribution in [0.15, 0.2) is 18.2 Å². The zero-order valence-corrected chi connectivity index (χ0v) is 10.4. The molecule has 1 aromatic rings. The fraction of sp³-hybridized carbons (Fsp3) is 0.571. The van der Waals surface area contributed by atoms with E-state index in [1.165, 1.54) is 11.1 Å². The van der Waals surface area contributed by atoms with Crippen LogP contribution in [0.4, 0.5) is 0 Å². The minimum Gasteiger partial charge on any atom is -0.488 e. The molecule has 1 aromatic carbocycles. The van der Waals surface area contributed by atoms with Gasteiger partial charge in [0.2, 0.25) is 0 Å². The lowest BCUT2D eigenvalue weighted by Crippen LogP contribution is -2.30. The summed E-state index contributed by atoms with van der Waals surface area (Å²) >= 11 is 0. The summed E-state index contributed by atoms with van der Waals surface area (Å²) < 4.78 is 6.03. The van der Waals surface area contributed by atoms with E-state index in [2.05, 4.69) is 44.3 Å². The van der Waals surface area contributed by atoms with Crippen molar-refractivity contribution >= 4 is 0 Å². The van der Waals surface area contributed by atoms with Crippen LogP contribution in [0, 0.1) is 6.92 Å². The topological polar surface area (TPSA) is 21.3 Å². The van der Waals surface area contributed by atoms with E-state index < -0.39 is 0 Å². The molecule has 2 atom stereocenters. The Labute approximate surface area is 98.0 Å². The second-order valence-electron chi connectivity index (χ2n) is 4.49. The van der Waals surface area contributed by atoms with Crippen molar-refractivity contribution in [2.75, 3.05) is 6.54 Å². The van der Waals surface area contributed by atoms with Crippen molar-refractivity contribution in [1.82, 2.24) is 5.32 Å². The van der Waals surface area contributed by atoms with Crippen LogP contribution in [-0.2, 0) is 0 Å². The van der Waals surface area contributed by atoms with Crippen molar-refractivity contribution in [2.45, 2.75) is 45.8 Å². The zero-order chi connectivity index (χ0) is 11.5. The Morgan fingerprint density at radius 1 is 1.31 bits per heavy atom. The molecule has 2 nitrogen and oxygen atoms in total. The van der Waals surface area contributed by atoms with Crippen molar-refractivity contribution in [2.24, 2.45) is 0 Å². The van der Waals surface area contributed by atoms with E-state index in [4.69, 9.17) is 4.74 Å². The lowest BCUT2D eigenvalue weighted by molar-refractivity contribution is 0.184. The van der Waals surface area contributed by atoms with Crippen molar-refractivity contribution in [3.05, 3.63) is 29.3 Å². The summed E-state index contributed by atoms with van der Waals surface area (Å²) in [5.41, 5.74) is 2.58. The summed E-state index contributed by atoms with van der Waals surface area (Å²) in [6.07, 6.45) is 2.51. The van der Waals surface area contributed by atoms with Crippen LogP contribution < -0.4 is 10.1 Å². The first kappa shape index (κ1) is 11.5. The van der Waals surface area contributed by atoms with Gasteiger partial charge in [-0.1, -0.05) is 32.0 Å². The van der Waals surface area contributed by atoms with Crippen LogP contribution in [0.1, 0.15) is 43.9 Å². The first-order valence-corrected chi connectivity index (χ1v) is 6.27. The summed E-state index contributed by atoms with van der Waals surface area (Å²) in [6, 6.07) is 6.80. The van der Waals surface area contributed by atoms with Gasteiger partial charge in [-0.15, -0.1) is 0 Å². The third-order valence-electron chi connectivity index (χ3n) is 3.24. The number of aryl methyl sites for hydroxylation is 1. The Morgan fingerprint density at radius 2 is 2.12 bits per heavy atom. The highest BCUT2D eigenvalue weighted by Gasteiger charge is 2.33. The lowest BCUT2D eigenvalue weighted by atomic mass is 10.0. The molecule has 0 saturated heterocycles. The van der Waals surface area contributed by atoms with Crippen molar-refractivity contribution < 1.29 is 4.74 Å². The highest BCUT2D eigenvalue weighted by molar-refractivity contribution is 5.46. The minimum atomic E-state index is 0.294. The molecule has 0 radical (unpaired) electrons. The molecule has 0 fully saturated rings. The van der Waals surface area contributed by atoms with Gasteiger partial charge in [-0.05, 0) is 31.9 Å². The second kappa shape index (κ2) is 4.88. The van der Waals surface area contributed by atoms with Gasteiger partial charge in [-0.25, -0.2) is 0 Å². The molecule has 1 aliphatic rings. The zero-order valence-electron chi connectivity index (χ0n) is 10.4. The molecule has 0 aromatic heterocycles. The molecule has 0 aliphatic carbocycles. The van der Waals surface area contributed by atoms with E-state index in [-0.39, 0.29) is 0 Å². The largest absolute Gasteiger partial charge is 0.488 e. The number of hydrogen-bond acceptors (Lipinski definition) is 2. The summed E-state index contributed by atoms with van der Waals surface area (Å²) in [5, 5.41) is 3.59. The number of ether oxygens (including phenoxy) is 1. The van der Waals surface area contributed by atoms with Gasteiger partial charge in [0.05, 0.1) is 6.04 Å². The third-order valence-corrected chi connectivity index (χ3v) is 3.24. The van der Waals surface area contributed by atoms with Crippen molar-refractivity contribution in [3.63, 3.8) is 0 Å². The summed E-state index contributed by atoms with van der Waals surface area (Å²) in [4.78, 5) is 0. The van der Waals surface area contributed by atoms with E-state index in [1.807, 2.05) is 0 Å². The Hall–Kier alpha value is -1.02. The third kappa shape index (κ3) is 1.94. The van der Waals surface area contributed by atoms with Crippen LogP contribution in [0.25, 0.3) is 0 Å². The molecule has 0 bridgehead atoms. The Balaban J connectivity index is 2.26. The number of rotatable bonds is 4. The van der Waals surface area contributed by atoms with Gasteiger partial charge in [0, 0.05) is 5.56 Å². The SMILES string of the molecule is CCCNC1c2cccc(C)c2OC1CC. The molecule has 1 N–H and O–H groups in total. The molecule has 1 aliphatic heterocycles. The van der Waals surface area contributed by atoms with Crippen LogP contribution in [0.5, 0.6) is 5.75 Å². The summed E-state index contributed by atoms with van der Waals surface area (Å²) in [6.45, 7) is 7.55. The Kier molecular flexibility index (Phi) is 3.49. The first-order valence-electron chi connectivity index (χ1n) is 6.27. The Bertz CT molecular complexity index is 362. The van der Waals surface area contributed by atoms with E-state index in [0.29, 0.717) is 12.1 Å². The molecule has 2 heteroatoms. The molecule has 16 heavy (non-hydrogen) atoms. The average molecular weight is 219 g/mol. The fourth-order valence-corrected chi connectivity index (χ4v) is 2.36. The highest BCUT2D eigenvalue weighted by Crippen LogP contribution is 2.39. The molecule has 88 valence electrons. The molecular formula is C14H21NO. The smallest absolute Gasteiger partial charge is 0.127 e. The molecule has 0 spiro atoms. The van der Waals surface area contributed by atoms with E-state index in [1.54, 1.807) is 0 Å². The van der Waals surface area contributed by atoms with Gasteiger partial charge < -0.3 is 10.1 Å². The number of benzene rings is 1. The standard InChI is InChI=1S/C14H21NO/c1-4-9-15-13-11-8-6-7-10(3)14(11)16-12(13)5-2/h6-8,12-13,15H,4-5,9H2,1-3H3. The van der Waals surface area contributed by atoms with E-state index >= 15 is 0 Å². The van der Waals surface area contributed by atoms with E-state index in [0.717, 1.165) is 25.1 Å². The quantitative estimate of drug-likeness (QED) is 0.839. The van der Waals surface area contributed by atoms with E-state index in [9.17, 15) is 0 Å². The molecule has 0 saturated carbocycles. The average Bonchev–Trinajstić information content (AvgIpc) is 2.66. The predicted molar refractivity (Wildman–Crippen MR) is 66.9 cm³/mol. The van der Waals surface area contributed by atoms with Gasteiger partial charge in [0.25, 0.3) is 0 Å². The fourth-order valence-electron chi connectivity index (χ4n) is 2.36. The minimum absolute atomic E-state index is 0.294. The number of hydrogen-bond donors (Lipinski definition) is 1. The maximum absolute atomic E-state index is 6.03. The molecule has 1 heterocycles. The second-order valence-corrected chi connectivity index (χ2v) is 4.49. The number of nitrogens with one attached hydrogen (secondary N) is 1. The number of fused-ring (bicyclic) bond motifs is 1. The molecular weight excluding hydrogens is 198 g/mol. The highest BCUT2D eigenvalue weighted by atomic mass is 16.5. The molecule has 2 rings (SSSR count). The lowest BCUT2D eigenvalue weighted by Gasteiger charge is -2.18. The van der Waals surface area contributed by atoms with Crippen LogP contribution in [0.2, 0.25) is 0 Å². The van der Waals surface area contributed by atoms with Crippen LogP contribution >= 0.6 is 0 Å². The summed E-state index contributed by atoms with van der Waals surface area (Å²) in [5.74, 6) is 1.10. The van der Waals surface area contributed by atoms with Gasteiger partial charge in [-0.3, -0.25) is 0 Å². The van der Waals surface area contributed by atoms with Gasteiger partial charge in [0.1, 0.15) is 11.9 Å². The molecule has 0 amide bonds. The Morgan fingerprint density at radius 3 is 2.81 bits per heavy atom. The summed E-state index contributed by atoms with van der Waals surface area (Å²) in [7, 11) is 0. The van der Waals surface area contributed by atoms with Gasteiger partial charge in [-0.2, -0.15) is 0 Å². The maximum Gasteiger partial charge on any atom is 0.127 e. The number of para-hydroxylation sites is 1. The van der Waals surface area contributed by atoms with Gasteiger partial charge >= 0.3 is 0 Å².